The van der Waals surface area contributed by atoms with Gasteiger partial charge >= 0.3 is 0 Å². The smallest absolute Gasteiger partial charge is 0.212 e. The third kappa shape index (κ3) is 1.64. The Kier molecular flexibility index (Phi) is 2.35. The topological polar surface area (TPSA) is 64.8 Å². The molecule has 0 fully saturated rings. The average molecular weight is 275 g/mol. The van der Waals surface area contributed by atoms with E-state index >= 15 is 0 Å². The van der Waals surface area contributed by atoms with Crippen molar-refractivity contribution in [1.29, 1.82) is 0 Å². The number of fused-ring (bicyclic) bond motifs is 2. The molecule has 1 heterocycles. The Balaban J connectivity index is 1.94. The molecule has 1 aliphatic rings. The van der Waals surface area contributed by atoms with Gasteiger partial charge in [0.2, 0.25) is 5.78 Å². The normalized spacial score (nSPS) is 14.2. The third-order valence-corrected chi connectivity index (χ3v) is 3.52. The molecule has 1 aliphatic carbocycles. The Hall–Kier alpha value is -3.08. The van der Waals surface area contributed by atoms with Crippen molar-refractivity contribution < 1.29 is 9.59 Å². The van der Waals surface area contributed by atoms with E-state index in [9.17, 15) is 9.59 Å². The molecule has 2 aromatic carbocycles. The SMILES string of the molecule is O=C1C=C(n2nnc3ccccc32)C(=O)c2ccccc21. The second kappa shape index (κ2) is 4.21. The van der Waals surface area contributed by atoms with Crippen LogP contribution in [0.2, 0.25) is 0 Å². The van der Waals surface area contributed by atoms with Crippen LogP contribution in [0, 0.1) is 0 Å². The van der Waals surface area contributed by atoms with E-state index in [4.69, 9.17) is 0 Å². The summed E-state index contributed by atoms with van der Waals surface area (Å²) in [4.78, 5) is 24.8. The second-order valence-corrected chi connectivity index (χ2v) is 4.76. The van der Waals surface area contributed by atoms with Crippen LogP contribution >= 0.6 is 0 Å². The molecule has 0 spiro atoms. The monoisotopic (exact) mass is 275 g/mol. The minimum Gasteiger partial charge on any atom is -0.289 e. The molecule has 0 bridgehead atoms. The lowest BCUT2D eigenvalue weighted by Gasteiger charge is -2.14. The van der Waals surface area contributed by atoms with E-state index in [1.54, 1.807) is 24.3 Å². The van der Waals surface area contributed by atoms with E-state index in [0.29, 0.717) is 22.2 Å². The van der Waals surface area contributed by atoms with Crippen molar-refractivity contribution in [2.24, 2.45) is 0 Å². The van der Waals surface area contributed by atoms with Crippen LogP contribution in [-0.4, -0.2) is 26.6 Å². The number of para-hydroxylation sites is 1. The zero-order valence-corrected chi connectivity index (χ0v) is 10.9. The van der Waals surface area contributed by atoms with Crippen LogP contribution in [0.5, 0.6) is 0 Å². The van der Waals surface area contributed by atoms with Gasteiger partial charge in [0.1, 0.15) is 11.2 Å². The Bertz CT molecular complexity index is 937. The summed E-state index contributed by atoms with van der Waals surface area (Å²) in [6.07, 6.45) is 1.33. The van der Waals surface area contributed by atoms with E-state index in [-0.39, 0.29) is 17.3 Å². The standard InChI is InChI=1S/C16H9N3O2/c20-15-9-14(16(21)11-6-2-1-5-10(11)15)19-13-8-4-3-7-12(13)17-18-19/h1-9H. The molecule has 1 aromatic heterocycles. The van der Waals surface area contributed by atoms with E-state index in [1.807, 2.05) is 24.3 Å². The first-order valence-corrected chi connectivity index (χ1v) is 6.46. The van der Waals surface area contributed by atoms with Gasteiger partial charge in [0, 0.05) is 17.2 Å². The maximum absolute atomic E-state index is 12.6. The number of aromatic nitrogens is 3. The lowest BCUT2D eigenvalue weighted by atomic mass is 9.93. The van der Waals surface area contributed by atoms with Crippen LogP contribution in [0.4, 0.5) is 0 Å². The van der Waals surface area contributed by atoms with Gasteiger partial charge in [0.25, 0.3) is 0 Å². The van der Waals surface area contributed by atoms with Gasteiger partial charge in [-0.25, -0.2) is 4.68 Å². The minimum absolute atomic E-state index is 0.195. The third-order valence-electron chi connectivity index (χ3n) is 3.52. The zero-order chi connectivity index (χ0) is 14.4. The predicted octanol–water partition coefficient (Wildman–Crippen LogP) is 2.35. The van der Waals surface area contributed by atoms with Crippen LogP contribution in [0.1, 0.15) is 20.7 Å². The summed E-state index contributed by atoms with van der Waals surface area (Å²) in [5.74, 6) is -0.416. The Morgan fingerprint density at radius 3 is 2.43 bits per heavy atom. The molecule has 0 unspecified atom stereocenters. The number of hydrogen-bond acceptors (Lipinski definition) is 4. The van der Waals surface area contributed by atoms with Gasteiger partial charge in [0.15, 0.2) is 5.78 Å². The second-order valence-electron chi connectivity index (χ2n) is 4.76. The van der Waals surface area contributed by atoms with Crippen LogP contribution in [0.3, 0.4) is 0 Å². The molecule has 4 rings (SSSR count). The van der Waals surface area contributed by atoms with Crippen molar-refractivity contribution in [1.82, 2.24) is 15.0 Å². The highest BCUT2D eigenvalue weighted by Crippen LogP contribution is 2.25. The summed E-state index contributed by atoms with van der Waals surface area (Å²) in [5.41, 5.74) is 2.43. The number of hydrogen-bond donors (Lipinski definition) is 0. The molecule has 0 amide bonds. The lowest BCUT2D eigenvalue weighted by Crippen LogP contribution is -2.20. The Morgan fingerprint density at radius 2 is 1.57 bits per heavy atom. The summed E-state index contributed by atoms with van der Waals surface area (Å²) in [6.45, 7) is 0. The van der Waals surface area contributed by atoms with Crippen molar-refractivity contribution in [3.05, 3.63) is 65.7 Å². The van der Waals surface area contributed by atoms with E-state index < -0.39 is 0 Å². The van der Waals surface area contributed by atoms with Crippen LogP contribution < -0.4 is 0 Å². The molecule has 0 saturated heterocycles. The number of benzene rings is 2. The summed E-state index contributed by atoms with van der Waals surface area (Å²) in [7, 11) is 0. The fourth-order valence-electron chi connectivity index (χ4n) is 2.51. The molecule has 3 aromatic rings. The lowest BCUT2D eigenvalue weighted by molar-refractivity contribution is 0.0997. The Labute approximate surface area is 119 Å². The summed E-state index contributed by atoms with van der Waals surface area (Å²) >= 11 is 0. The van der Waals surface area contributed by atoms with Gasteiger partial charge in [-0.1, -0.05) is 41.6 Å². The number of rotatable bonds is 1. The van der Waals surface area contributed by atoms with E-state index in [0.717, 1.165) is 0 Å². The number of Topliss-reactive ketones (excluding diaryl/α,β-unsaturated/α-hetero) is 1. The molecular weight excluding hydrogens is 266 g/mol. The highest BCUT2D eigenvalue weighted by molar-refractivity contribution is 6.35. The predicted molar refractivity (Wildman–Crippen MR) is 76.9 cm³/mol. The molecule has 0 atom stereocenters. The maximum atomic E-state index is 12.6. The van der Waals surface area contributed by atoms with Gasteiger partial charge in [-0.15, -0.1) is 5.10 Å². The molecule has 5 nitrogen and oxygen atoms in total. The maximum Gasteiger partial charge on any atom is 0.212 e. The van der Waals surface area contributed by atoms with Crippen molar-refractivity contribution in [3.8, 4) is 0 Å². The first-order chi connectivity index (χ1) is 10.3. The molecule has 5 heteroatoms. The quantitative estimate of drug-likeness (QED) is 0.683. The molecule has 0 aliphatic heterocycles. The fourth-order valence-corrected chi connectivity index (χ4v) is 2.51. The van der Waals surface area contributed by atoms with Crippen molar-refractivity contribution in [2.45, 2.75) is 0 Å². The number of allylic oxidation sites excluding steroid dienone is 2. The van der Waals surface area contributed by atoms with Gasteiger partial charge < -0.3 is 0 Å². The molecule has 100 valence electrons. The van der Waals surface area contributed by atoms with Crippen molar-refractivity contribution >= 4 is 28.3 Å². The van der Waals surface area contributed by atoms with E-state index in [2.05, 4.69) is 10.3 Å². The van der Waals surface area contributed by atoms with Crippen LogP contribution in [-0.2, 0) is 0 Å². The Morgan fingerprint density at radius 1 is 0.857 bits per heavy atom. The number of nitrogens with zero attached hydrogens (tertiary/aromatic N) is 3. The molecule has 21 heavy (non-hydrogen) atoms. The largest absolute Gasteiger partial charge is 0.289 e. The van der Waals surface area contributed by atoms with Gasteiger partial charge in [0.05, 0.1) is 5.52 Å². The van der Waals surface area contributed by atoms with Crippen molar-refractivity contribution in [2.75, 3.05) is 0 Å². The summed E-state index contributed by atoms with van der Waals surface area (Å²) in [6, 6.07) is 14.1. The average Bonchev–Trinajstić information content (AvgIpc) is 2.95. The summed E-state index contributed by atoms with van der Waals surface area (Å²) in [5, 5.41) is 8.02. The highest BCUT2D eigenvalue weighted by Gasteiger charge is 2.27. The molecule has 0 saturated carbocycles. The van der Waals surface area contributed by atoms with Crippen LogP contribution in [0.25, 0.3) is 16.7 Å². The first-order valence-electron chi connectivity index (χ1n) is 6.46. The molecular formula is C16H9N3O2. The number of ketones is 2. The van der Waals surface area contributed by atoms with Crippen LogP contribution in [0.15, 0.2) is 54.6 Å². The summed E-state index contributed by atoms with van der Waals surface area (Å²) < 4.78 is 1.42. The highest BCUT2D eigenvalue weighted by atomic mass is 16.1. The van der Waals surface area contributed by atoms with E-state index in [1.165, 1.54) is 10.8 Å². The van der Waals surface area contributed by atoms with Gasteiger partial charge in [-0.2, -0.15) is 0 Å². The van der Waals surface area contributed by atoms with Gasteiger partial charge in [-0.3, -0.25) is 9.59 Å². The number of carbonyl (C=O) groups excluding carboxylic acids is 2. The van der Waals surface area contributed by atoms with Gasteiger partial charge in [-0.05, 0) is 12.1 Å². The zero-order valence-electron chi connectivity index (χ0n) is 10.9. The number of carbonyl (C=O) groups is 2. The first kappa shape index (κ1) is 11.7. The minimum atomic E-state index is -0.221. The molecule has 0 N–H and O–H groups in total. The molecule has 0 radical (unpaired) electrons. The fraction of sp³-hybridized carbons (Fsp3) is 0. The van der Waals surface area contributed by atoms with Crippen molar-refractivity contribution in [3.63, 3.8) is 0 Å².